The van der Waals surface area contributed by atoms with E-state index in [2.05, 4.69) is 29.0 Å². The van der Waals surface area contributed by atoms with Gasteiger partial charge < -0.3 is 9.72 Å². The molecule has 0 aliphatic carbocycles. The second-order valence-electron chi connectivity index (χ2n) is 5.11. The molecule has 0 fully saturated rings. The molecule has 0 unspecified atom stereocenters. The normalized spacial score (nSPS) is 10.7. The Morgan fingerprint density at radius 3 is 2.45 bits per heavy atom. The van der Waals surface area contributed by atoms with Crippen molar-refractivity contribution in [1.82, 2.24) is 9.97 Å². The zero-order valence-corrected chi connectivity index (χ0v) is 12.3. The smallest absolute Gasteiger partial charge is 0.119 e. The molecule has 0 atom stereocenters. The van der Waals surface area contributed by atoms with Crippen LogP contribution in [0.5, 0.6) is 5.75 Å². The van der Waals surface area contributed by atoms with Gasteiger partial charge in [0.15, 0.2) is 0 Å². The van der Waals surface area contributed by atoms with Crippen molar-refractivity contribution in [2.45, 2.75) is 45.4 Å². The lowest BCUT2D eigenvalue weighted by Gasteiger charge is -2.06. The molecule has 108 valence electrons. The van der Waals surface area contributed by atoms with E-state index in [1.54, 1.807) is 6.33 Å². The Labute approximate surface area is 121 Å². The summed E-state index contributed by atoms with van der Waals surface area (Å²) in [7, 11) is 0. The first-order valence-electron chi connectivity index (χ1n) is 7.62. The van der Waals surface area contributed by atoms with Crippen molar-refractivity contribution in [3.63, 3.8) is 0 Å². The summed E-state index contributed by atoms with van der Waals surface area (Å²) in [6, 6.07) is 8.16. The van der Waals surface area contributed by atoms with Gasteiger partial charge in [-0.1, -0.05) is 39.0 Å². The molecule has 0 saturated heterocycles. The monoisotopic (exact) mass is 272 g/mol. The van der Waals surface area contributed by atoms with E-state index in [9.17, 15) is 0 Å². The molecule has 0 radical (unpaired) electrons. The van der Waals surface area contributed by atoms with Crippen LogP contribution in [0, 0.1) is 0 Å². The van der Waals surface area contributed by atoms with Gasteiger partial charge in [0.05, 0.1) is 24.8 Å². The molecule has 0 bridgehead atoms. The number of H-pyrrole nitrogens is 1. The van der Waals surface area contributed by atoms with E-state index >= 15 is 0 Å². The number of aromatic amines is 1. The molecule has 2 aromatic rings. The highest BCUT2D eigenvalue weighted by atomic mass is 16.5. The minimum atomic E-state index is 0.815. The van der Waals surface area contributed by atoms with Gasteiger partial charge in [0.25, 0.3) is 0 Å². The molecule has 0 aliphatic heterocycles. The summed E-state index contributed by atoms with van der Waals surface area (Å²) in [4.78, 5) is 7.12. The fourth-order valence-electron chi connectivity index (χ4n) is 2.22. The van der Waals surface area contributed by atoms with Gasteiger partial charge >= 0.3 is 0 Å². The number of nitrogens with zero attached hydrogens (tertiary/aromatic N) is 1. The van der Waals surface area contributed by atoms with Crippen molar-refractivity contribution >= 4 is 0 Å². The Balaban J connectivity index is 1.67. The predicted molar refractivity (Wildman–Crippen MR) is 82.9 cm³/mol. The van der Waals surface area contributed by atoms with Gasteiger partial charge in [-0.3, -0.25) is 0 Å². The van der Waals surface area contributed by atoms with Crippen molar-refractivity contribution in [1.29, 1.82) is 0 Å². The maximum absolute atomic E-state index is 5.76. The number of benzene rings is 1. The van der Waals surface area contributed by atoms with Gasteiger partial charge in [0, 0.05) is 0 Å². The Hall–Kier alpha value is -1.77. The van der Waals surface area contributed by atoms with E-state index in [-0.39, 0.29) is 0 Å². The number of imidazole rings is 1. The number of nitrogens with one attached hydrogen (secondary N) is 1. The number of aromatic nitrogens is 2. The van der Waals surface area contributed by atoms with Crippen LogP contribution in [0.4, 0.5) is 0 Å². The molecule has 2 rings (SSSR count). The van der Waals surface area contributed by atoms with Crippen molar-refractivity contribution in [2.24, 2.45) is 0 Å². The fourth-order valence-corrected chi connectivity index (χ4v) is 2.22. The zero-order valence-electron chi connectivity index (χ0n) is 12.3. The van der Waals surface area contributed by atoms with Crippen LogP contribution in [0.1, 0.15) is 45.4 Å². The van der Waals surface area contributed by atoms with E-state index in [0.29, 0.717) is 0 Å². The highest BCUT2D eigenvalue weighted by molar-refractivity contribution is 5.58. The van der Waals surface area contributed by atoms with Crippen LogP contribution in [0.25, 0.3) is 11.3 Å². The summed E-state index contributed by atoms with van der Waals surface area (Å²) in [6.45, 7) is 3.06. The summed E-state index contributed by atoms with van der Waals surface area (Å²) in [5.74, 6) is 0.946. The van der Waals surface area contributed by atoms with Crippen molar-refractivity contribution in [3.8, 4) is 17.0 Å². The number of rotatable bonds is 9. The van der Waals surface area contributed by atoms with Gasteiger partial charge in [-0.25, -0.2) is 4.98 Å². The molecular weight excluding hydrogens is 248 g/mol. The average molecular weight is 272 g/mol. The Bertz CT molecular complexity index is 462. The Morgan fingerprint density at radius 2 is 1.75 bits per heavy atom. The maximum Gasteiger partial charge on any atom is 0.119 e. The largest absolute Gasteiger partial charge is 0.494 e. The second kappa shape index (κ2) is 8.41. The molecule has 0 aliphatic rings. The summed E-state index contributed by atoms with van der Waals surface area (Å²) in [6.07, 6.45) is 11.3. The summed E-state index contributed by atoms with van der Waals surface area (Å²) < 4.78 is 5.76. The lowest BCUT2D eigenvalue weighted by molar-refractivity contribution is 0.304. The molecule has 1 aromatic carbocycles. The first-order chi connectivity index (χ1) is 9.90. The SMILES string of the molecule is CCCCCCCCOc1ccc(-c2cnc[nH]2)cc1. The van der Waals surface area contributed by atoms with Gasteiger partial charge in [-0.15, -0.1) is 0 Å². The number of hydrogen-bond acceptors (Lipinski definition) is 2. The highest BCUT2D eigenvalue weighted by Crippen LogP contribution is 2.20. The molecule has 20 heavy (non-hydrogen) atoms. The predicted octanol–water partition coefficient (Wildman–Crippen LogP) is 4.82. The van der Waals surface area contributed by atoms with Gasteiger partial charge in [-0.2, -0.15) is 0 Å². The van der Waals surface area contributed by atoms with Crippen LogP contribution in [0.3, 0.4) is 0 Å². The van der Waals surface area contributed by atoms with Crippen LogP contribution in [-0.4, -0.2) is 16.6 Å². The zero-order chi connectivity index (χ0) is 14.0. The van der Waals surface area contributed by atoms with Gasteiger partial charge in [0.1, 0.15) is 5.75 Å². The first kappa shape index (κ1) is 14.6. The number of unbranched alkanes of at least 4 members (excludes halogenated alkanes) is 5. The third-order valence-corrected chi connectivity index (χ3v) is 3.43. The third-order valence-electron chi connectivity index (χ3n) is 3.43. The molecule has 0 spiro atoms. The third kappa shape index (κ3) is 4.72. The van der Waals surface area contributed by atoms with Crippen molar-refractivity contribution < 1.29 is 4.74 Å². The van der Waals surface area contributed by atoms with E-state index in [1.165, 1.54) is 32.1 Å². The summed E-state index contributed by atoms with van der Waals surface area (Å²) in [5, 5.41) is 0. The molecular formula is C17H24N2O. The molecule has 1 aromatic heterocycles. The lowest BCUT2D eigenvalue weighted by Crippen LogP contribution is -1.97. The van der Waals surface area contributed by atoms with E-state index < -0.39 is 0 Å². The number of hydrogen-bond donors (Lipinski definition) is 1. The molecule has 0 amide bonds. The first-order valence-corrected chi connectivity index (χ1v) is 7.62. The topological polar surface area (TPSA) is 37.9 Å². The second-order valence-corrected chi connectivity index (χ2v) is 5.11. The summed E-state index contributed by atoms with van der Waals surface area (Å²) in [5.41, 5.74) is 2.17. The standard InChI is InChI=1S/C17H24N2O/c1-2-3-4-5-6-7-12-20-16-10-8-15(9-11-16)17-13-18-14-19-17/h8-11,13-14H,2-7,12H2,1H3,(H,18,19). The van der Waals surface area contributed by atoms with Crippen molar-refractivity contribution in [3.05, 3.63) is 36.8 Å². The molecule has 1 heterocycles. The highest BCUT2D eigenvalue weighted by Gasteiger charge is 1.99. The van der Waals surface area contributed by atoms with E-state index in [1.807, 2.05) is 18.3 Å². The molecule has 0 saturated carbocycles. The molecule has 3 heteroatoms. The van der Waals surface area contributed by atoms with Crippen LogP contribution >= 0.6 is 0 Å². The van der Waals surface area contributed by atoms with Crippen LogP contribution < -0.4 is 4.74 Å². The summed E-state index contributed by atoms with van der Waals surface area (Å²) >= 11 is 0. The fraction of sp³-hybridized carbons (Fsp3) is 0.471. The number of ether oxygens (including phenoxy) is 1. The van der Waals surface area contributed by atoms with Crippen LogP contribution in [0.2, 0.25) is 0 Å². The molecule has 3 nitrogen and oxygen atoms in total. The average Bonchev–Trinajstić information content (AvgIpc) is 3.01. The minimum absolute atomic E-state index is 0.815. The van der Waals surface area contributed by atoms with Gasteiger partial charge in [0.2, 0.25) is 0 Å². The van der Waals surface area contributed by atoms with Crippen LogP contribution in [-0.2, 0) is 0 Å². The lowest BCUT2D eigenvalue weighted by atomic mass is 10.1. The van der Waals surface area contributed by atoms with E-state index in [0.717, 1.165) is 30.0 Å². The molecule has 1 N–H and O–H groups in total. The van der Waals surface area contributed by atoms with Gasteiger partial charge in [-0.05, 0) is 36.2 Å². The van der Waals surface area contributed by atoms with E-state index in [4.69, 9.17) is 4.74 Å². The Morgan fingerprint density at radius 1 is 1.00 bits per heavy atom. The maximum atomic E-state index is 5.76. The minimum Gasteiger partial charge on any atom is -0.494 e. The van der Waals surface area contributed by atoms with Crippen LogP contribution in [0.15, 0.2) is 36.8 Å². The Kier molecular flexibility index (Phi) is 6.15. The quantitative estimate of drug-likeness (QED) is 0.665. The van der Waals surface area contributed by atoms with Crippen molar-refractivity contribution in [2.75, 3.05) is 6.61 Å².